The molecule has 0 unspecified atom stereocenters. The standard InChI is InChI=1S/C13H20F3N5OS/c1-7-4-3-5-9(8(7)2)18-10(22)6-23-12-20-19-11(21(12)17)13(14,15)16/h7-9H,3-6,17H2,1-2H3,(H,18,22)/t7-,8-,9+/m1/s1. The van der Waals surface area contributed by atoms with E-state index in [-0.39, 0.29) is 22.9 Å². The minimum Gasteiger partial charge on any atom is -0.352 e. The lowest BCUT2D eigenvalue weighted by Gasteiger charge is -2.34. The lowest BCUT2D eigenvalue weighted by atomic mass is 9.78. The van der Waals surface area contributed by atoms with Crippen LogP contribution in [0.25, 0.3) is 0 Å². The number of carbonyl (C=O) groups is 1. The van der Waals surface area contributed by atoms with Crippen LogP contribution in [0.3, 0.4) is 0 Å². The van der Waals surface area contributed by atoms with E-state index in [0.717, 1.165) is 31.0 Å². The molecule has 1 aromatic rings. The first-order chi connectivity index (χ1) is 10.7. The van der Waals surface area contributed by atoms with Crippen LogP contribution in [0, 0.1) is 11.8 Å². The van der Waals surface area contributed by atoms with Gasteiger partial charge in [0, 0.05) is 6.04 Å². The van der Waals surface area contributed by atoms with E-state index >= 15 is 0 Å². The summed E-state index contributed by atoms with van der Waals surface area (Å²) < 4.78 is 38.0. The lowest BCUT2D eigenvalue weighted by Crippen LogP contribution is -2.44. The predicted octanol–water partition coefficient (Wildman–Crippen LogP) is 2.04. The fourth-order valence-corrected chi connectivity index (χ4v) is 3.40. The van der Waals surface area contributed by atoms with Crippen molar-refractivity contribution >= 4 is 17.7 Å². The molecule has 3 N–H and O–H groups in total. The molecule has 10 heteroatoms. The van der Waals surface area contributed by atoms with Crippen LogP contribution in [0.15, 0.2) is 5.16 Å². The molecule has 23 heavy (non-hydrogen) atoms. The van der Waals surface area contributed by atoms with Crippen LogP contribution in [0.5, 0.6) is 0 Å². The van der Waals surface area contributed by atoms with Gasteiger partial charge in [-0.2, -0.15) is 13.2 Å². The molecular weight excluding hydrogens is 331 g/mol. The molecule has 0 aromatic carbocycles. The molecule has 1 aliphatic carbocycles. The summed E-state index contributed by atoms with van der Waals surface area (Å²) >= 11 is 0.835. The number of nitrogens with one attached hydrogen (secondary N) is 1. The van der Waals surface area contributed by atoms with Crippen LogP contribution >= 0.6 is 11.8 Å². The highest BCUT2D eigenvalue weighted by molar-refractivity contribution is 7.99. The summed E-state index contributed by atoms with van der Waals surface area (Å²) in [5.41, 5.74) is 0. The van der Waals surface area contributed by atoms with Crippen molar-refractivity contribution < 1.29 is 18.0 Å². The van der Waals surface area contributed by atoms with Crippen molar-refractivity contribution in [2.24, 2.45) is 11.8 Å². The molecule has 0 bridgehead atoms. The van der Waals surface area contributed by atoms with E-state index in [2.05, 4.69) is 29.4 Å². The van der Waals surface area contributed by atoms with Crippen LogP contribution in [-0.2, 0) is 11.0 Å². The summed E-state index contributed by atoms with van der Waals surface area (Å²) in [6, 6.07) is 0.105. The molecule has 1 aliphatic rings. The Kier molecular flexibility index (Phi) is 5.43. The molecule has 3 atom stereocenters. The topological polar surface area (TPSA) is 85.8 Å². The largest absolute Gasteiger partial charge is 0.453 e. The summed E-state index contributed by atoms with van der Waals surface area (Å²) in [5, 5.41) is 9.20. The van der Waals surface area contributed by atoms with Crippen molar-refractivity contribution in [2.45, 2.75) is 50.5 Å². The quantitative estimate of drug-likeness (QED) is 0.640. The number of aromatic nitrogens is 3. The van der Waals surface area contributed by atoms with Gasteiger partial charge in [-0.25, -0.2) is 4.68 Å². The summed E-state index contributed by atoms with van der Waals surface area (Å²) in [6.45, 7) is 4.27. The number of carbonyl (C=O) groups excluding carboxylic acids is 1. The summed E-state index contributed by atoms with van der Waals surface area (Å²) in [4.78, 5) is 12.0. The molecule has 130 valence electrons. The normalized spacial score (nSPS) is 25.3. The number of hydrogen-bond acceptors (Lipinski definition) is 5. The number of alkyl halides is 3. The Morgan fingerprint density at radius 3 is 2.70 bits per heavy atom. The van der Waals surface area contributed by atoms with Gasteiger partial charge >= 0.3 is 6.18 Å². The highest BCUT2D eigenvalue weighted by Gasteiger charge is 2.38. The average molecular weight is 351 g/mol. The fourth-order valence-electron chi connectivity index (χ4n) is 2.73. The van der Waals surface area contributed by atoms with Gasteiger partial charge in [0.15, 0.2) is 0 Å². The van der Waals surface area contributed by atoms with Crippen molar-refractivity contribution in [2.75, 3.05) is 11.6 Å². The van der Waals surface area contributed by atoms with Crippen LogP contribution < -0.4 is 11.2 Å². The zero-order valence-electron chi connectivity index (χ0n) is 12.9. The second kappa shape index (κ2) is 6.98. The Hall–Kier alpha value is -1.45. The summed E-state index contributed by atoms with van der Waals surface area (Å²) in [7, 11) is 0. The number of rotatable bonds is 4. The number of nitrogen functional groups attached to an aromatic ring is 1. The van der Waals surface area contributed by atoms with E-state index in [1.54, 1.807) is 0 Å². The van der Waals surface area contributed by atoms with Crippen molar-refractivity contribution in [1.82, 2.24) is 20.2 Å². The first kappa shape index (κ1) is 17.9. The van der Waals surface area contributed by atoms with Crippen LogP contribution in [0.2, 0.25) is 0 Å². The molecule has 1 heterocycles. The number of nitrogens with zero attached hydrogens (tertiary/aromatic N) is 3. The average Bonchev–Trinajstić information content (AvgIpc) is 2.83. The minimum absolute atomic E-state index is 0.0508. The minimum atomic E-state index is -4.67. The van der Waals surface area contributed by atoms with Gasteiger partial charge in [0.25, 0.3) is 5.82 Å². The number of amides is 1. The first-order valence-corrected chi connectivity index (χ1v) is 8.38. The molecule has 0 radical (unpaired) electrons. The second-order valence-corrected chi connectivity index (χ2v) is 6.85. The summed E-state index contributed by atoms with van der Waals surface area (Å²) in [5.74, 6) is 4.67. The number of hydrogen-bond donors (Lipinski definition) is 2. The van der Waals surface area contributed by atoms with Gasteiger partial charge in [-0.3, -0.25) is 4.79 Å². The van der Waals surface area contributed by atoms with Gasteiger partial charge in [0.2, 0.25) is 11.1 Å². The maximum Gasteiger partial charge on any atom is 0.453 e. The van der Waals surface area contributed by atoms with Crippen LogP contribution in [-0.4, -0.2) is 32.6 Å². The Morgan fingerprint density at radius 2 is 2.09 bits per heavy atom. The number of thioether (sulfide) groups is 1. The highest BCUT2D eigenvalue weighted by Crippen LogP contribution is 2.30. The first-order valence-electron chi connectivity index (χ1n) is 7.40. The smallest absolute Gasteiger partial charge is 0.352 e. The van der Waals surface area contributed by atoms with Gasteiger partial charge in [0.1, 0.15) is 0 Å². The van der Waals surface area contributed by atoms with E-state index in [4.69, 9.17) is 5.84 Å². The Morgan fingerprint density at radius 1 is 1.39 bits per heavy atom. The molecule has 1 fully saturated rings. The van der Waals surface area contributed by atoms with E-state index in [0.29, 0.717) is 16.5 Å². The monoisotopic (exact) mass is 351 g/mol. The molecule has 2 rings (SSSR count). The zero-order chi connectivity index (χ0) is 17.2. The third-order valence-corrected chi connectivity index (χ3v) is 5.25. The molecular formula is C13H20F3N5OS. The maximum atomic E-state index is 12.6. The van der Waals surface area contributed by atoms with Gasteiger partial charge < -0.3 is 11.2 Å². The molecule has 1 amide bonds. The van der Waals surface area contributed by atoms with Crippen molar-refractivity contribution in [3.05, 3.63) is 5.82 Å². The number of nitrogens with two attached hydrogens (primary N) is 1. The van der Waals surface area contributed by atoms with Crippen molar-refractivity contribution in [3.63, 3.8) is 0 Å². The molecule has 0 aliphatic heterocycles. The van der Waals surface area contributed by atoms with Gasteiger partial charge in [-0.15, -0.1) is 10.2 Å². The Labute approximate surface area is 136 Å². The molecule has 1 saturated carbocycles. The zero-order valence-corrected chi connectivity index (χ0v) is 13.7. The van der Waals surface area contributed by atoms with Gasteiger partial charge in [-0.05, 0) is 18.3 Å². The van der Waals surface area contributed by atoms with Crippen molar-refractivity contribution in [1.29, 1.82) is 0 Å². The van der Waals surface area contributed by atoms with Crippen molar-refractivity contribution in [3.8, 4) is 0 Å². The molecule has 0 saturated heterocycles. The Balaban J connectivity index is 1.89. The number of halogens is 3. The lowest BCUT2D eigenvalue weighted by molar-refractivity contribution is -0.146. The summed E-state index contributed by atoms with van der Waals surface area (Å²) in [6.07, 6.45) is -1.53. The maximum absolute atomic E-state index is 12.6. The van der Waals surface area contributed by atoms with E-state index < -0.39 is 12.0 Å². The highest BCUT2D eigenvalue weighted by atomic mass is 32.2. The second-order valence-electron chi connectivity index (χ2n) is 5.90. The predicted molar refractivity (Wildman–Crippen MR) is 80.0 cm³/mol. The van der Waals surface area contributed by atoms with E-state index in [1.807, 2.05) is 0 Å². The molecule has 6 nitrogen and oxygen atoms in total. The third kappa shape index (κ3) is 4.30. The Bertz CT molecular complexity index is 562. The van der Waals surface area contributed by atoms with E-state index in [9.17, 15) is 18.0 Å². The van der Waals surface area contributed by atoms with Crippen LogP contribution in [0.4, 0.5) is 13.2 Å². The van der Waals surface area contributed by atoms with Gasteiger partial charge in [-0.1, -0.05) is 38.5 Å². The van der Waals surface area contributed by atoms with Crippen LogP contribution in [0.1, 0.15) is 38.9 Å². The third-order valence-electron chi connectivity index (χ3n) is 4.30. The van der Waals surface area contributed by atoms with Gasteiger partial charge in [0.05, 0.1) is 5.75 Å². The molecule has 1 aromatic heterocycles. The molecule has 0 spiro atoms. The van der Waals surface area contributed by atoms with E-state index in [1.165, 1.54) is 0 Å². The fraction of sp³-hybridized carbons (Fsp3) is 0.769. The SMILES string of the molecule is C[C@@H]1[C@H](C)CCC[C@@H]1NC(=O)CSc1nnc(C(F)(F)F)n1N.